The molecule has 3 N–H and O–H groups in total. The Balaban J connectivity index is 1.51. The third kappa shape index (κ3) is 3.02. The van der Waals surface area contributed by atoms with Crippen LogP contribution in [-0.4, -0.2) is 46.1 Å². The summed E-state index contributed by atoms with van der Waals surface area (Å²) in [5.74, 6) is 0.174. The Morgan fingerprint density at radius 3 is 3.19 bits per heavy atom. The molecule has 1 aromatic rings. The zero-order valence-electron chi connectivity index (χ0n) is 14.5. The molecular weight excluding hydrogens is 335 g/mol. The van der Waals surface area contributed by atoms with Crippen molar-refractivity contribution in [3.05, 3.63) is 48.0 Å². The van der Waals surface area contributed by atoms with E-state index in [1.54, 1.807) is 6.92 Å². The number of allylic oxidation sites excluding steroid dienone is 2. The van der Waals surface area contributed by atoms with Gasteiger partial charge in [-0.15, -0.1) is 0 Å². The molecule has 4 rings (SSSR count). The molecule has 1 fully saturated rings. The number of dihydropyridines is 1. The van der Waals surface area contributed by atoms with Gasteiger partial charge in [0.1, 0.15) is 6.17 Å². The highest BCUT2D eigenvalue weighted by molar-refractivity contribution is 5.80. The number of rotatable bonds is 4. The maximum atomic E-state index is 14.2. The third-order valence-corrected chi connectivity index (χ3v) is 4.92. The Morgan fingerprint density at radius 2 is 2.35 bits per heavy atom. The van der Waals surface area contributed by atoms with E-state index in [9.17, 15) is 9.18 Å². The lowest BCUT2D eigenvalue weighted by Gasteiger charge is -2.23. The summed E-state index contributed by atoms with van der Waals surface area (Å²) < 4.78 is 14.2. The van der Waals surface area contributed by atoms with Gasteiger partial charge in [-0.1, -0.05) is 6.08 Å². The Hall–Kier alpha value is -2.90. The third-order valence-electron chi connectivity index (χ3n) is 4.92. The van der Waals surface area contributed by atoms with Crippen LogP contribution in [0.2, 0.25) is 0 Å². The van der Waals surface area contributed by atoms with E-state index in [0.717, 1.165) is 30.5 Å². The minimum absolute atomic E-state index is 0.0114. The second kappa shape index (κ2) is 6.78. The first-order chi connectivity index (χ1) is 12.6. The number of anilines is 1. The van der Waals surface area contributed by atoms with Crippen molar-refractivity contribution in [1.82, 2.24) is 25.5 Å². The molecule has 0 aromatic carbocycles. The first-order valence-corrected chi connectivity index (χ1v) is 8.77. The molecular formula is C18H21FN6O. The molecule has 1 saturated heterocycles. The summed E-state index contributed by atoms with van der Waals surface area (Å²) in [6.07, 6.45) is 10.6. The van der Waals surface area contributed by atoms with Crippen molar-refractivity contribution in [2.75, 3.05) is 18.4 Å². The van der Waals surface area contributed by atoms with Crippen LogP contribution in [0.25, 0.3) is 5.57 Å². The number of likely N-dealkylation sites (tertiary alicyclic amines) is 1. The zero-order valence-corrected chi connectivity index (χ0v) is 14.5. The number of nitrogens with zero attached hydrogens (tertiary/aromatic N) is 3. The summed E-state index contributed by atoms with van der Waals surface area (Å²) in [7, 11) is 0. The summed E-state index contributed by atoms with van der Waals surface area (Å²) in [6.45, 7) is 2.80. The molecule has 0 spiro atoms. The average Bonchev–Trinajstić information content (AvgIpc) is 3.28. The predicted molar refractivity (Wildman–Crippen MR) is 96.1 cm³/mol. The zero-order chi connectivity index (χ0) is 18.1. The number of carbonyl (C=O) groups is 1. The molecule has 3 aliphatic heterocycles. The summed E-state index contributed by atoms with van der Waals surface area (Å²) in [6, 6.07) is 0.0671. The van der Waals surface area contributed by atoms with Crippen molar-refractivity contribution in [3.8, 4) is 0 Å². The van der Waals surface area contributed by atoms with Crippen LogP contribution in [0.3, 0.4) is 0 Å². The topological polar surface area (TPSA) is 82.2 Å². The van der Waals surface area contributed by atoms with Gasteiger partial charge >= 0.3 is 0 Å². The van der Waals surface area contributed by atoms with Gasteiger partial charge in [-0.2, -0.15) is 0 Å². The van der Waals surface area contributed by atoms with Crippen molar-refractivity contribution in [2.45, 2.75) is 32.0 Å². The fourth-order valence-electron chi connectivity index (χ4n) is 3.61. The molecule has 1 amide bonds. The minimum atomic E-state index is -0.500. The summed E-state index contributed by atoms with van der Waals surface area (Å²) in [5, 5.41) is 9.45. The lowest BCUT2D eigenvalue weighted by molar-refractivity contribution is -0.129. The summed E-state index contributed by atoms with van der Waals surface area (Å²) in [4.78, 5) is 22.0. The highest BCUT2D eigenvalue weighted by atomic mass is 19.1. The molecule has 0 aliphatic carbocycles. The predicted octanol–water partition coefficient (Wildman–Crippen LogP) is 1.35. The molecule has 2 atom stereocenters. The number of halogens is 1. The minimum Gasteiger partial charge on any atom is -0.368 e. The number of carbonyl (C=O) groups excluding carboxylic acids is 1. The highest BCUT2D eigenvalue weighted by Crippen LogP contribution is 2.29. The number of amides is 1. The first-order valence-electron chi connectivity index (χ1n) is 8.77. The smallest absolute Gasteiger partial charge is 0.219 e. The maximum Gasteiger partial charge on any atom is 0.219 e. The highest BCUT2D eigenvalue weighted by Gasteiger charge is 2.28. The van der Waals surface area contributed by atoms with Gasteiger partial charge < -0.3 is 20.9 Å². The molecule has 7 nitrogen and oxygen atoms in total. The quantitative estimate of drug-likeness (QED) is 0.756. The Labute approximate surface area is 151 Å². The van der Waals surface area contributed by atoms with Gasteiger partial charge in [0.15, 0.2) is 17.5 Å². The van der Waals surface area contributed by atoms with Crippen LogP contribution in [0.1, 0.15) is 25.6 Å². The second-order valence-electron chi connectivity index (χ2n) is 6.59. The Kier molecular flexibility index (Phi) is 4.32. The van der Waals surface area contributed by atoms with Crippen LogP contribution in [0.15, 0.2) is 36.3 Å². The number of hydrogen-bond acceptors (Lipinski definition) is 6. The van der Waals surface area contributed by atoms with Gasteiger partial charge in [-0.3, -0.25) is 4.79 Å². The molecule has 1 unspecified atom stereocenters. The average molecular weight is 356 g/mol. The Morgan fingerprint density at radius 1 is 1.46 bits per heavy atom. The molecule has 1 aromatic heterocycles. The van der Waals surface area contributed by atoms with Gasteiger partial charge in [-0.05, 0) is 25.1 Å². The standard InChI is InChI=1S/C18H21FN6O/c1-11(26)25-7-3-4-12(25)8-21-18-15(19)10-23-17(24-18)14-9-22-16-13(14)5-2-6-20-16/h2,5-6,9-10,12,16,20,22H,3-4,7-8H2,1H3,(H,21,23,24)/t12-,16?/m1/s1. The van der Waals surface area contributed by atoms with Crippen molar-refractivity contribution in [2.24, 2.45) is 0 Å². The van der Waals surface area contributed by atoms with Crippen LogP contribution in [0, 0.1) is 5.82 Å². The molecule has 3 aliphatic rings. The number of fused-ring (bicyclic) bond motifs is 1. The van der Waals surface area contributed by atoms with Gasteiger partial charge in [-0.25, -0.2) is 14.4 Å². The van der Waals surface area contributed by atoms with E-state index in [1.165, 1.54) is 6.20 Å². The van der Waals surface area contributed by atoms with Crippen molar-refractivity contribution in [3.63, 3.8) is 0 Å². The van der Waals surface area contributed by atoms with Crippen LogP contribution < -0.4 is 16.0 Å². The van der Waals surface area contributed by atoms with Crippen molar-refractivity contribution < 1.29 is 9.18 Å². The number of aromatic nitrogens is 2. The summed E-state index contributed by atoms with van der Waals surface area (Å²) in [5.41, 5.74) is 1.85. The van der Waals surface area contributed by atoms with Gasteiger partial charge in [0.05, 0.1) is 6.20 Å². The van der Waals surface area contributed by atoms with Crippen LogP contribution in [0.4, 0.5) is 10.2 Å². The number of nitrogens with one attached hydrogen (secondary N) is 3. The molecule has 8 heteroatoms. The summed E-state index contributed by atoms with van der Waals surface area (Å²) >= 11 is 0. The van der Waals surface area contributed by atoms with E-state index in [4.69, 9.17) is 0 Å². The molecule has 0 bridgehead atoms. The van der Waals surface area contributed by atoms with Crippen molar-refractivity contribution >= 4 is 17.3 Å². The van der Waals surface area contributed by atoms with E-state index in [0.29, 0.717) is 12.4 Å². The van der Waals surface area contributed by atoms with Crippen molar-refractivity contribution in [1.29, 1.82) is 0 Å². The van der Waals surface area contributed by atoms with E-state index in [2.05, 4.69) is 25.9 Å². The lowest BCUT2D eigenvalue weighted by atomic mass is 10.0. The molecule has 4 heterocycles. The van der Waals surface area contributed by atoms with Crippen LogP contribution in [0.5, 0.6) is 0 Å². The van der Waals surface area contributed by atoms with Gasteiger partial charge in [0, 0.05) is 43.4 Å². The molecule has 26 heavy (non-hydrogen) atoms. The van der Waals surface area contributed by atoms with Crippen LogP contribution in [-0.2, 0) is 4.79 Å². The maximum absolute atomic E-state index is 14.2. The van der Waals surface area contributed by atoms with Crippen LogP contribution >= 0.6 is 0 Å². The fraction of sp³-hybridized carbons (Fsp3) is 0.389. The van der Waals surface area contributed by atoms with E-state index < -0.39 is 5.82 Å². The molecule has 0 saturated carbocycles. The molecule has 0 radical (unpaired) electrons. The van der Waals surface area contributed by atoms with Gasteiger partial charge in [0.2, 0.25) is 5.91 Å². The first kappa shape index (κ1) is 16.6. The second-order valence-corrected chi connectivity index (χ2v) is 6.59. The largest absolute Gasteiger partial charge is 0.368 e. The Bertz CT molecular complexity index is 818. The normalized spacial score (nSPS) is 23.7. The molecule has 136 valence electrons. The number of hydrogen-bond donors (Lipinski definition) is 3. The van der Waals surface area contributed by atoms with E-state index in [1.807, 2.05) is 29.5 Å². The monoisotopic (exact) mass is 356 g/mol. The fourth-order valence-corrected chi connectivity index (χ4v) is 3.61. The van der Waals surface area contributed by atoms with Gasteiger partial charge in [0.25, 0.3) is 0 Å². The SMILES string of the molecule is CC(=O)N1CCC[C@@H]1CNc1nc(C2=CNC3NC=CC=C23)ncc1F. The van der Waals surface area contributed by atoms with E-state index in [-0.39, 0.29) is 23.9 Å². The van der Waals surface area contributed by atoms with E-state index >= 15 is 0 Å². The lowest BCUT2D eigenvalue weighted by Crippen LogP contribution is -2.38.